The highest BCUT2D eigenvalue weighted by Crippen LogP contribution is 2.27. The zero-order valence-corrected chi connectivity index (χ0v) is 13.3. The second kappa shape index (κ2) is 6.62. The van der Waals surface area contributed by atoms with Gasteiger partial charge in [0.15, 0.2) is 5.13 Å². The van der Waals surface area contributed by atoms with Crippen LogP contribution in [0.4, 0.5) is 10.9 Å². The number of anilines is 2. The fourth-order valence-electron chi connectivity index (χ4n) is 1.91. The summed E-state index contributed by atoms with van der Waals surface area (Å²) < 4.78 is 5.41. The molecule has 0 saturated heterocycles. The molecule has 0 fully saturated rings. The molecule has 3 N–H and O–H groups in total. The largest absolute Gasteiger partial charge is 0.465 e. The Morgan fingerprint density at radius 3 is 2.90 bits per heavy atom. The van der Waals surface area contributed by atoms with E-state index in [0.29, 0.717) is 17.2 Å². The van der Waals surface area contributed by atoms with Crippen molar-refractivity contribution in [1.82, 2.24) is 10.3 Å². The van der Waals surface area contributed by atoms with Gasteiger partial charge in [0, 0.05) is 13.6 Å². The van der Waals surface area contributed by atoms with E-state index in [2.05, 4.69) is 17.2 Å². The van der Waals surface area contributed by atoms with Gasteiger partial charge in [0.25, 0.3) is 5.91 Å². The maximum Gasteiger partial charge on any atom is 0.265 e. The molecule has 2 aromatic rings. The number of nitrogens with one attached hydrogen (secondary N) is 1. The van der Waals surface area contributed by atoms with E-state index in [0.717, 1.165) is 23.9 Å². The van der Waals surface area contributed by atoms with Crippen LogP contribution in [-0.4, -0.2) is 24.5 Å². The maximum atomic E-state index is 12.2. The third kappa shape index (κ3) is 3.75. The molecule has 2 aromatic heterocycles. The lowest BCUT2D eigenvalue weighted by atomic mass is 10.4. The Bertz CT molecular complexity index is 620. The Kier molecular flexibility index (Phi) is 4.85. The van der Waals surface area contributed by atoms with Crippen molar-refractivity contribution in [2.45, 2.75) is 26.8 Å². The van der Waals surface area contributed by atoms with Gasteiger partial charge in [0.1, 0.15) is 22.2 Å². The van der Waals surface area contributed by atoms with Gasteiger partial charge in [0.05, 0.1) is 6.54 Å². The van der Waals surface area contributed by atoms with Gasteiger partial charge in [-0.05, 0) is 25.5 Å². The topological polar surface area (TPSA) is 84.4 Å². The molecule has 0 saturated carbocycles. The van der Waals surface area contributed by atoms with Crippen molar-refractivity contribution in [3.05, 3.63) is 28.5 Å². The highest BCUT2D eigenvalue weighted by Gasteiger charge is 2.18. The third-order valence-corrected chi connectivity index (χ3v) is 4.14. The van der Waals surface area contributed by atoms with Crippen LogP contribution in [0.15, 0.2) is 16.5 Å². The van der Waals surface area contributed by atoms with Crippen molar-refractivity contribution in [3.63, 3.8) is 0 Å². The number of aromatic nitrogens is 1. The van der Waals surface area contributed by atoms with E-state index in [1.54, 1.807) is 0 Å². The summed E-state index contributed by atoms with van der Waals surface area (Å²) in [6.45, 7) is 5.17. The third-order valence-electron chi connectivity index (χ3n) is 2.95. The van der Waals surface area contributed by atoms with Crippen LogP contribution in [0, 0.1) is 6.92 Å². The molecule has 114 valence electrons. The number of aryl methyl sites for hydroxylation is 1. The minimum Gasteiger partial charge on any atom is -0.465 e. The van der Waals surface area contributed by atoms with Crippen LogP contribution >= 0.6 is 11.3 Å². The lowest BCUT2D eigenvalue weighted by Gasteiger charge is -2.13. The quantitative estimate of drug-likeness (QED) is 0.856. The molecule has 0 aromatic carbocycles. The maximum absolute atomic E-state index is 12.2. The smallest absolute Gasteiger partial charge is 0.265 e. The Labute approximate surface area is 128 Å². The van der Waals surface area contributed by atoms with Crippen molar-refractivity contribution in [2.24, 2.45) is 0 Å². The number of carbonyl (C=O) groups excluding carboxylic acids is 1. The minimum atomic E-state index is -0.227. The average molecular weight is 308 g/mol. The van der Waals surface area contributed by atoms with Crippen LogP contribution in [0.3, 0.4) is 0 Å². The number of nitrogen functional groups attached to an aromatic ring is 1. The summed E-state index contributed by atoms with van der Waals surface area (Å²) in [4.78, 5) is 18.8. The number of furan rings is 1. The van der Waals surface area contributed by atoms with Crippen LogP contribution in [0.5, 0.6) is 0 Å². The molecule has 0 bridgehead atoms. The summed E-state index contributed by atoms with van der Waals surface area (Å²) in [5.74, 6) is 1.58. The Balaban J connectivity index is 2.02. The number of amides is 1. The Morgan fingerprint density at radius 1 is 1.52 bits per heavy atom. The monoisotopic (exact) mass is 308 g/mol. The molecular formula is C14H20N4O2S. The van der Waals surface area contributed by atoms with Crippen LogP contribution in [0.25, 0.3) is 0 Å². The van der Waals surface area contributed by atoms with Gasteiger partial charge in [0.2, 0.25) is 0 Å². The first-order chi connectivity index (χ1) is 10.0. The van der Waals surface area contributed by atoms with E-state index in [4.69, 9.17) is 10.2 Å². The molecule has 0 aliphatic heterocycles. The average Bonchev–Trinajstić information content (AvgIpc) is 3.02. The molecule has 2 rings (SSSR count). The Hall–Kier alpha value is -2.02. The molecule has 7 heteroatoms. The first kappa shape index (κ1) is 15.4. The summed E-state index contributed by atoms with van der Waals surface area (Å²) >= 11 is 1.30. The van der Waals surface area contributed by atoms with E-state index >= 15 is 0 Å². The van der Waals surface area contributed by atoms with Gasteiger partial charge in [-0.1, -0.05) is 18.3 Å². The fourth-order valence-corrected chi connectivity index (χ4v) is 2.79. The molecule has 1 amide bonds. The first-order valence-electron chi connectivity index (χ1n) is 6.82. The normalized spacial score (nSPS) is 10.6. The van der Waals surface area contributed by atoms with E-state index in [-0.39, 0.29) is 11.7 Å². The fraction of sp³-hybridized carbons (Fsp3) is 0.429. The molecule has 0 aliphatic carbocycles. The standard InChI is InChI=1S/C14H20N4O2S/c1-4-7-18(3)14-17-12(15)11(21-14)13(19)16-8-10-6-5-9(2)20-10/h5-6H,4,7-8,15H2,1-3H3,(H,16,19). The summed E-state index contributed by atoms with van der Waals surface area (Å²) in [7, 11) is 1.94. The number of carbonyl (C=O) groups is 1. The van der Waals surface area contributed by atoms with Crippen molar-refractivity contribution in [3.8, 4) is 0 Å². The number of hydrogen-bond acceptors (Lipinski definition) is 6. The molecule has 0 aliphatic rings. The molecule has 0 spiro atoms. The van der Waals surface area contributed by atoms with Crippen molar-refractivity contribution in [1.29, 1.82) is 0 Å². The van der Waals surface area contributed by atoms with E-state index < -0.39 is 0 Å². The van der Waals surface area contributed by atoms with Gasteiger partial charge in [-0.25, -0.2) is 4.98 Å². The molecular weight excluding hydrogens is 288 g/mol. The van der Waals surface area contributed by atoms with Gasteiger partial charge < -0.3 is 20.4 Å². The number of nitrogens with two attached hydrogens (primary N) is 1. The highest BCUT2D eigenvalue weighted by atomic mass is 32.1. The molecule has 21 heavy (non-hydrogen) atoms. The number of nitrogens with zero attached hydrogens (tertiary/aromatic N) is 2. The summed E-state index contributed by atoms with van der Waals surface area (Å²) in [6.07, 6.45) is 1.01. The SMILES string of the molecule is CCCN(C)c1nc(N)c(C(=O)NCc2ccc(C)o2)s1. The molecule has 0 radical (unpaired) electrons. The zero-order chi connectivity index (χ0) is 15.4. The summed E-state index contributed by atoms with van der Waals surface area (Å²) in [5.41, 5.74) is 5.84. The lowest BCUT2D eigenvalue weighted by Crippen LogP contribution is -2.22. The van der Waals surface area contributed by atoms with Gasteiger partial charge in [-0.3, -0.25) is 4.79 Å². The Morgan fingerprint density at radius 2 is 2.29 bits per heavy atom. The van der Waals surface area contributed by atoms with Crippen LogP contribution in [0.2, 0.25) is 0 Å². The minimum absolute atomic E-state index is 0.227. The van der Waals surface area contributed by atoms with Crippen molar-refractivity contribution < 1.29 is 9.21 Å². The van der Waals surface area contributed by atoms with Crippen LogP contribution in [-0.2, 0) is 6.54 Å². The number of rotatable bonds is 6. The van der Waals surface area contributed by atoms with Crippen LogP contribution in [0.1, 0.15) is 34.5 Å². The van der Waals surface area contributed by atoms with Gasteiger partial charge in [-0.15, -0.1) is 0 Å². The van der Waals surface area contributed by atoms with E-state index in [9.17, 15) is 4.79 Å². The molecule has 6 nitrogen and oxygen atoms in total. The molecule has 0 atom stereocenters. The van der Waals surface area contributed by atoms with Crippen molar-refractivity contribution >= 4 is 28.2 Å². The van der Waals surface area contributed by atoms with Crippen molar-refractivity contribution in [2.75, 3.05) is 24.2 Å². The second-order valence-corrected chi connectivity index (χ2v) is 5.80. The van der Waals surface area contributed by atoms with Gasteiger partial charge >= 0.3 is 0 Å². The molecule has 0 unspecified atom stereocenters. The van der Waals surface area contributed by atoms with E-state index in [1.165, 1.54) is 11.3 Å². The predicted octanol–water partition coefficient (Wildman–Crippen LogP) is 2.40. The lowest BCUT2D eigenvalue weighted by molar-refractivity contribution is 0.0952. The number of thiazole rings is 1. The van der Waals surface area contributed by atoms with Gasteiger partial charge in [-0.2, -0.15) is 0 Å². The predicted molar refractivity (Wildman–Crippen MR) is 84.7 cm³/mol. The number of hydrogen-bond donors (Lipinski definition) is 2. The van der Waals surface area contributed by atoms with E-state index in [1.807, 2.05) is 31.0 Å². The second-order valence-electron chi connectivity index (χ2n) is 4.83. The first-order valence-corrected chi connectivity index (χ1v) is 7.63. The zero-order valence-electron chi connectivity index (χ0n) is 12.5. The summed E-state index contributed by atoms with van der Waals surface area (Å²) in [5, 5.41) is 3.55. The highest BCUT2D eigenvalue weighted by molar-refractivity contribution is 7.18. The summed E-state index contributed by atoms with van der Waals surface area (Å²) in [6, 6.07) is 3.70. The molecule has 2 heterocycles. The van der Waals surface area contributed by atoms with Crippen LogP contribution < -0.4 is 16.0 Å².